The summed E-state index contributed by atoms with van der Waals surface area (Å²) in [6.45, 7) is 4.02. The van der Waals surface area contributed by atoms with Crippen molar-refractivity contribution < 1.29 is 8.42 Å². The maximum atomic E-state index is 11.2. The fraction of sp³-hybridized carbons (Fsp3) is 0.500. The number of nitrogens with two attached hydrogens (primary N) is 1. The minimum Gasteiger partial charge on any atom is -0.324 e. The minimum absolute atomic E-state index is 0.00702. The van der Waals surface area contributed by atoms with Gasteiger partial charge >= 0.3 is 0 Å². The van der Waals surface area contributed by atoms with Gasteiger partial charge < -0.3 is 5.73 Å². The molecule has 0 aromatic heterocycles. The number of hydrogen-bond acceptors (Lipinski definition) is 3. The second-order valence-electron chi connectivity index (χ2n) is 4.16. The van der Waals surface area contributed by atoms with E-state index in [1.165, 1.54) is 0 Å². The average Bonchev–Trinajstić information content (AvgIpc) is 2.26. The largest absolute Gasteiger partial charge is 0.324 e. The summed E-state index contributed by atoms with van der Waals surface area (Å²) in [6.07, 6.45) is 2.78. The number of benzene rings is 1. The van der Waals surface area contributed by atoms with Crippen molar-refractivity contribution in [3.8, 4) is 0 Å². The molecule has 0 radical (unpaired) electrons. The van der Waals surface area contributed by atoms with Crippen LogP contribution in [0.4, 0.5) is 5.69 Å². The number of sulfonamides is 1. The molecule has 0 heterocycles. The van der Waals surface area contributed by atoms with Gasteiger partial charge in [-0.05, 0) is 30.0 Å². The lowest BCUT2D eigenvalue weighted by atomic mass is 10.0. The Balaban J connectivity index is 3.10. The van der Waals surface area contributed by atoms with E-state index in [2.05, 4.69) is 4.72 Å². The Bertz CT molecular complexity index is 483. The number of rotatable bonds is 5. The summed E-state index contributed by atoms with van der Waals surface area (Å²) in [5.74, 6) is 0. The molecular weight excluding hydrogens is 236 g/mol. The van der Waals surface area contributed by atoms with Gasteiger partial charge in [0.1, 0.15) is 0 Å². The molecule has 5 heteroatoms. The van der Waals surface area contributed by atoms with E-state index >= 15 is 0 Å². The van der Waals surface area contributed by atoms with Gasteiger partial charge in [0.15, 0.2) is 0 Å². The summed E-state index contributed by atoms with van der Waals surface area (Å²) in [7, 11) is -3.23. The lowest BCUT2D eigenvalue weighted by molar-refractivity contribution is 0.606. The Hall–Kier alpha value is -1.07. The van der Waals surface area contributed by atoms with Crippen LogP contribution < -0.4 is 10.5 Å². The highest BCUT2D eigenvalue weighted by molar-refractivity contribution is 7.92. The van der Waals surface area contributed by atoms with E-state index in [9.17, 15) is 8.42 Å². The molecular formula is C12H20N2O2S. The zero-order chi connectivity index (χ0) is 13.1. The molecule has 0 saturated carbocycles. The van der Waals surface area contributed by atoms with Gasteiger partial charge in [-0.15, -0.1) is 0 Å². The van der Waals surface area contributed by atoms with Crippen LogP contribution in [0, 0.1) is 0 Å². The maximum absolute atomic E-state index is 11.2. The molecule has 1 aromatic carbocycles. The second kappa shape index (κ2) is 5.51. The second-order valence-corrected chi connectivity index (χ2v) is 5.91. The summed E-state index contributed by atoms with van der Waals surface area (Å²) in [5.41, 5.74) is 8.61. The van der Waals surface area contributed by atoms with Crippen molar-refractivity contribution >= 4 is 15.7 Å². The van der Waals surface area contributed by atoms with Crippen LogP contribution in [0.2, 0.25) is 0 Å². The Labute approximate surface area is 103 Å². The maximum Gasteiger partial charge on any atom is 0.229 e. The minimum atomic E-state index is -3.23. The van der Waals surface area contributed by atoms with Crippen molar-refractivity contribution in [2.75, 3.05) is 11.0 Å². The van der Waals surface area contributed by atoms with Crippen molar-refractivity contribution in [1.82, 2.24) is 0 Å². The lowest BCUT2D eigenvalue weighted by Crippen LogP contribution is -2.13. The predicted molar refractivity (Wildman–Crippen MR) is 71.5 cm³/mol. The first kappa shape index (κ1) is 14.0. The van der Waals surface area contributed by atoms with Crippen LogP contribution in [0.1, 0.15) is 37.4 Å². The topological polar surface area (TPSA) is 72.2 Å². The van der Waals surface area contributed by atoms with Crippen LogP contribution in [-0.4, -0.2) is 14.7 Å². The molecule has 0 saturated heterocycles. The highest BCUT2D eigenvalue weighted by Crippen LogP contribution is 2.23. The summed E-state index contributed by atoms with van der Waals surface area (Å²) in [6, 6.07) is 5.64. The lowest BCUT2D eigenvalue weighted by Gasteiger charge is -2.14. The molecule has 0 aliphatic heterocycles. The van der Waals surface area contributed by atoms with Gasteiger partial charge in [-0.3, -0.25) is 4.72 Å². The number of aryl methyl sites for hydroxylation is 1. The zero-order valence-electron chi connectivity index (χ0n) is 10.5. The van der Waals surface area contributed by atoms with Crippen LogP contribution in [0.25, 0.3) is 0 Å². The molecule has 0 unspecified atom stereocenters. The molecule has 0 bridgehead atoms. The third kappa shape index (κ3) is 4.02. The van der Waals surface area contributed by atoms with Gasteiger partial charge in [-0.2, -0.15) is 0 Å². The standard InChI is InChI=1S/C12H20N2O2S/c1-4-9-8-10(11(13)5-2)6-7-12(9)14-17(3,15)16/h6-8,11,14H,4-5,13H2,1-3H3/t11-/m1/s1. The van der Waals surface area contributed by atoms with Crippen molar-refractivity contribution in [2.45, 2.75) is 32.7 Å². The average molecular weight is 256 g/mol. The Morgan fingerprint density at radius 3 is 2.47 bits per heavy atom. The Morgan fingerprint density at radius 2 is 2.00 bits per heavy atom. The van der Waals surface area contributed by atoms with Crippen molar-refractivity contribution in [2.24, 2.45) is 5.73 Å². The molecule has 3 N–H and O–H groups in total. The molecule has 0 spiro atoms. The van der Waals surface area contributed by atoms with Crippen LogP contribution in [0.3, 0.4) is 0 Å². The van der Waals surface area contributed by atoms with Crippen molar-refractivity contribution in [3.63, 3.8) is 0 Å². The Morgan fingerprint density at radius 1 is 1.35 bits per heavy atom. The first-order valence-corrected chi connectivity index (χ1v) is 7.62. The molecule has 0 amide bonds. The van der Waals surface area contributed by atoms with Crippen LogP contribution in [0.15, 0.2) is 18.2 Å². The summed E-state index contributed by atoms with van der Waals surface area (Å²) < 4.78 is 24.9. The van der Waals surface area contributed by atoms with E-state index in [0.29, 0.717) is 5.69 Å². The first-order valence-electron chi connectivity index (χ1n) is 5.73. The third-order valence-corrected chi connectivity index (χ3v) is 3.26. The molecule has 0 fully saturated rings. The van der Waals surface area contributed by atoms with Gasteiger partial charge in [0, 0.05) is 6.04 Å². The van der Waals surface area contributed by atoms with Gasteiger partial charge in [-0.1, -0.05) is 26.0 Å². The quantitative estimate of drug-likeness (QED) is 0.846. The normalized spacial score (nSPS) is 13.4. The van der Waals surface area contributed by atoms with Crippen LogP contribution in [0.5, 0.6) is 0 Å². The first-order chi connectivity index (χ1) is 7.87. The molecule has 1 rings (SSSR count). The van der Waals surface area contributed by atoms with Gasteiger partial charge in [-0.25, -0.2) is 8.42 Å². The SMILES string of the molecule is CCc1cc([C@H](N)CC)ccc1NS(C)(=O)=O. The van der Waals surface area contributed by atoms with Gasteiger partial charge in [0.2, 0.25) is 10.0 Å². The molecule has 17 heavy (non-hydrogen) atoms. The summed E-state index contributed by atoms with van der Waals surface area (Å²) in [5, 5.41) is 0. The Kier molecular flexibility index (Phi) is 4.54. The monoisotopic (exact) mass is 256 g/mol. The van der Waals surface area contributed by atoms with E-state index in [1.807, 2.05) is 26.0 Å². The van der Waals surface area contributed by atoms with Crippen LogP contribution >= 0.6 is 0 Å². The molecule has 0 aliphatic rings. The smallest absolute Gasteiger partial charge is 0.229 e. The van der Waals surface area contributed by atoms with Crippen molar-refractivity contribution in [1.29, 1.82) is 0 Å². The molecule has 1 aromatic rings. The number of nitrogens with one attached hydrogen (secondary N) is 1. The summed E-state index contributed by atoms with van der Waals surface area (Å²) in [4.78, 5) is 0. The van der Waals surface area contributed by atoms with E-state index in [1.54, 1.807) is 6.07 Å². The fourth-order valence-corrected chi connectivity index (χ4v) is 2.27. The van der Waals surface area contributed by atoms with Crippen LogP contribution in [-0.2, 0) is 16.4 Å². The molecule has 96 valence electrons. The molecule has 1 atom stereocenters. The summed E-state index contributed by atoms with van der Waals surface area (Å²) >= 11 is 0. The predicted octanol–water partition coefficient (Wildman–Crippen LogP) is 2.03. The zero-order valence-corrected chi connectivity index (χ0v) is 11.3. The molecule has 4 nitrogen and oxygen atoms in total. The van der Waals surface area contributed by atoms with E-state index in [-0.39, 0.29) is 6.04 Å². The highest BCUT2D eigenvalue weighted by Gasteiger charge is 2.09. The van der Waals surface area contributed by atoms with E-state index < -0.39 is 10.0 Å². The van der Waals surface area contributed by atoms with Crippen molar-refractivity contribution in [3.05, 3.63) is 29.3 Å². The van der Waals surface area contributed by atoms with E-state index in [4.69, 9.17) is 5.73 Å². The van der Waals surface area contributed by atoms with Gasteiger partial charge in [0.05, 0.1) is 11.9 Å². The third-order valence-electron chi connectivity index (χ3n) is 2.67. The highest BCUT2D eigenvalue weighted by atomic mass is 32.2. The fourth-order valence-electron chi connectivity index (χ4n) is 1.67. The molecule has 0 aliphatic carbocycles. The number of anilines is 1. The van der Waals surface area contributed by atoms with Gasteiger partial charge in [0.25, 0.3) is 0 Å². The van der Waals surface area contributed by atoms with E-state index in [0.717, 1.165) is 30.2 Å². The number of hydrogen-bond donors (Lipinski definition) is 2.